The number of nitrogens with zero attached hydrogens (tertiary/aromatic N) is 1. The maximum absolute atomic E-state index is 12.1. The van der Waals surface area contributed by atoms with E-state index in [-0.39, 0.29) is 13.0 Å². The first-order valence-electron chi connectivity index (χ1n) is 6.23. The Morgan fingerprint density at radius 1 is 1.33 bits per heavy atom. The summed E-state index contributed by atoms with van der Waals surface area (Å²) in [6.45, 7) is 0.00339. The van der Waals surface area contributed by atoms with Crippen LogP contribution >= 0.6 is 23.2 Å². The van der Waals surface area contributed by atoms with Crippen molar-refractivity contribution in [3.8, 4) is 0 Å². The van der Waals surface area contributed by atoms with Gasteiger partial charge in [-0.2, -0.15) is 0 Å². The maximum Gasteiger partial charge on any atom is 0.326 e. The van der Waals surface area contributed by atoms with Gasteiger partial charge in [-0.05, 0) is 29.8 Å². The van der Waals surface area contributed by atoms with E-state index in [0.717, 1.165) is 4.90 Å². The van der Waals surface area contributed by atoms with E-state index >= 15 is 0 Å². The van der Waals surface area contributed by atoms with Crippen molar-refractivity contribution in [1.82, 2.24) is 4.90 Å². The van der Waals surface area contributed by atoms with Gasteiger partial charge in [-0.3, -0.25) is 4.79 Å². The number of aliphatic hydroxyl groups excluding tert-OH is 1. The van der Waals surface area contributed by atoms with Crippen LogP contribution in [0.5, 0.6) is 0 Å². The molecular weight excluding hydrogens is 317 g/mol. The first-order chi connectivity index (χ1) is 9.88. The van der Waals surface area contributed by atoms with E-state index in [2.05, 4.69) is 0 Å². The predicted octanol–water partition coefficient (Wildman–Crippen LogP) is 2.05. The van der Waals surface area contributed by atoms with Crippen LogP contribution in [0.25, 0.3) is 6.08 Å². The summed E-state index contributed by atoms with van der Waals surface area (Å²) in [6.07, 6.45) is 1.91. The third-order valence-corrected chi connectivity index (χ3v) is 3.79. The molecule has 2 N–H and O–H groups in total. The number of carboxylic acids is 1. The van der Waals surface area contributed by atoms with Crippen molar-refractivity contribution < 1.29 is 19.8 Å². The van der Waals surface area contributed by atoms with E-state index < -0.39 is 24.0 Å². The van der Waals surface area contributed by atoms with Crippen LogP contribution in [-0.2, 0) is 9.59 Å². The van der Waals surface area contributed by atoms with E-state index in [1.165, 1.54) is 12.2 Å². The second kappa shape index (κ2) is 6.47. The van der Waals surface area contributed by atoms with Crippen LogP contribution in [0.2, 0.25) is 10.0 Å². The van der Waals surface area contributed by atoms with Crippen molar-refractivity contribution in [2.75, 3.05) is 6.54 Å². The van der Waals surface area contributed by atoms with Crippen LogP contribution in [-0.4, -0.2) is 45.7 Å². The van der Waals surface area contributed by atoms with Crippen LogP contribution in [0, 0.1) is 0 Å². The molecule has 7 heteroatoms. The Morgan fingerprint density at radius 3 is 2.71 bits per heavy atom. The topological polar surface area (TPSA) is 77.8 Å². The van der Waals surface area contributed by atoms with Gasteiger partial charge in [0.25, 0.3) is 0 Å². The molecule has 1 aliphatic heterocycles. The average molecular weight is 330 g/mol. The summed E-state index contributed by atoms with van der Waals surface area (Å²) in [5.41, 5.74) is 0.559. The number of carbonyl (C=O) groups excluding carboxylic acids is 1. The molecule has 21 heavy (non-hydrogen) atoms. The molecule has 1 fully saturated rings. The molecular formula is C14H13Cl2NO4. The van der Waals surface area contributed by atoms with Crippen molar-refractivity contribution >= 4 is 41.2 Å². The lowest BCUT2D eigenvalue weighted by atomic mass is 10.2. The number of hydrogen-bond donors (Lipinski definition) is 2. The first-order valence-corrected chi connectivity index (χ1v) is 6.98. The second-order valence-electron chi connectivity index (χ2n) is 4.73. The van der Waals surface area contributed by atoms with Gasteiger partial charge >= 0.3 is 5.97 Å². The smallest absolute Gasteiger partial charge is 0.326 e. The van der Waals surface area contributed by atoms with Crippen LogP contribution in [0.15, 0.2) is 24.3 Å². The Hall–Kier alpha value is -1.56. The van der Waals surface area contributed by atoms with Crippen LogP contribution in [0.3, 0.4) is 0 Å². The lowest BCUT2D eigenvalue weighted by molar-refractivity contribution is -0.146. The van der Waals surface area contributed by atoms with Gasteiger partial charge in [0.1, 0.15) is 6.04 Å². The van der Waals surface area contributed by atoms with Crippen molar-refractivity contribution in [2.24, 2.45) is 0 Å². The zero-order valence-corrected chi connectivity index (χ0v) is 12.4. The minimum absolute atomic E-state index is 0.00339. The lowest BCUT2D eigenvalue weighted by Crippen LogP contribution is -2.39. The summed E-state index contributed by atoms with van der Waals surface area (Å²) in [6, 6.07) is 3.82. The molecule has 0 aromatic heterocycles. The van der Waals surface area contributed by atoms with Crippen molar-refractivity contribution in [1.29, 1.82) is 0 Å². The highest BCUT2D eigenvalue weighted by atomic mass is 35.5. The molecule has 0 radical (unpaired) electrons. The van der Waals surface area contributed by atoms with E-state index in [1.807, 2.05) is 0 Å². The van der Waals surface area contributed by atoms with Gasteiger partial charge in [0.05, 0.1) is 6.10 Å². The number of amides is 1. The summed E-state index contributed by atoms with van der Waals surface area (Å²) in [5.74, 6) is -1.62. The van der Waals surface area contributed by atoms with Gasteiger partial charge < -0.3 is 15.1 Å². The fourth-order valence-electron chi connectivity index (χ4n) is 2.19. The largest absolute Gasteiger partial charge is 0.480 e. The molecule has 1 amide bonds. The molecule has 112 valence electrons. The molecule has 0 unspecified atom stereocenters. The summed E-state index contributed by atoms with van der Waals surface area (Å²) >= 11 is 11.8. The molecule has 1 aliphatic rings. The quantitative estimate of drug-likeness (QED) is 0.832. The SMILES string of the molecule is O=C(O)[C@@H]1C[C@H](O)CN1C(=O)C=Cc1cc(Cl)ccc1Cl. The number of aliphatic hydroxyl groups is 1. The number of carboxylic acid groups (broad SMARTS) is 1. The molecule has 1 aromatic carbocycles. The van der Waals surface area contributed by atoms with Gasteiger partial charge in [0.2, 0.25) is 5.91 Å². The van der Waals surface area contributed by atoms with Crippen molar-refractivity contribution in [3.05, 3.63) is 39.9 Å². The highest BCUT2D eigenvalue weighted by Gasteiger charge is 2.37. The van der Waals surface area contributed by atoms with Crippen molar-refractivity contribution in [2.45, 2.75) is 18.6 Å². The zero-order valence-electron chi connectivity index (χ0n) is 10.9. The predicted molar refractivity (Wildman–Crippen MR) is 79.3 cm³/mol. The Labute approximate surface area is 131 Å². The monoisotopic (exact) mass is 329 g/mol. The number of aliphatic carboxylic acids is 1. The normalized spacial score (nSPS) is 22.0. The number of halogens is 2. The minimum atomic E-state index is -1.13. The number of hydrogen-bond acceptors (Lipinski definition) is 3. The Bertz CT molecular complexity index is 603. The van der Waals surface area contributed by atoms with Gasteiger partial charge in [-0.1, -0.05) is 23.2 Å². The lowest BCUT2D eigenvalue weighted by Gasteiger charge is -2.19. The molecule has 2 rings (SSSR count). The standard InChI is InChI=1S/C14H13Cl2NO4/c15-9-2-3-11(16)8(5-9)1-4-13(19)17-7-10(18)6-12(17)14(20)21/h1-5,10,12,18H,6-7H2,(H,20,21)/t10-,12-/m0/s1. The first kappa shape index (κ1) is 15.8. The molecule has 0 spiro atoms. The minimum Gasteiger partial charge on any atom is -0.480 e. The third kappa shape index (κ3) is 3.75. The average Bonchev–Trinajstić information content (AvgIpc) is 2.82. The summed E-state index contributed by atoms with van der Waals surface area (Å²) in [5, 5.41) is 19.5. The summed E-state index contributed by atoms with van der Waals surface area (Å²) in [4.78, 5) is 24.3. The van der Waals surface area contributed by atoms with E-state index in [1.54, 1.807) is 18.2 Å². The second-order valence-corrected chi connectivity index (χ2v) is 5.58. The molecule has 1 saturated heterocycles. The zero-order chi connectivity index (χ0) is 15.6. The number of β-amino-alcohol motifs (C(OH)–C–C–N with tert-alkyl or cyclic N) is 1. The molecule has 1 heterocycles. The van der Waals surface area contributed by atoms with Gasteiger partial charge in [0.15, 0.2) is 0 Å². The van der Waals surface area contributed by atoms with E-state index in [9.17, 15) is 14.7 Å². The Morgan fingerprint density at radius 2 is 2.05 bits per heavy atom. The van der Waals surface area contributed by atoms with Gasteiger partial charge in [0, 0.05) is 29.1 Å². The van der Waals surface area contributed by atoms with Crippen LogP contribution < -0.4 is 0 Å². The van der Waals surface area contributed by atoms with Gasteiger partial charge in [-0.25, -0.2) is 4.79 Å². The summed E-state index contributed by atoms with van der Waals surface area (Å²) in [7, 11) is 0. The maximum atomic E-state index is 12.1. The molecule has 0 aliphatic carbocycles. The number of rotatable bonds is 3. The highest BCUT2D eigenvalue weighted by molar-refractivity contribution is 6.34. The number of likely N-dealkylation sites (tertiary alicyclic amines) is 1. The third-order valence-electron chi connectivity index (χ3n) is 3.21. The fourth-order valence-corrected chi connectivity index (χ4v) is 2.55. The Balaban J connectivity index is 2.15. The molecule has 1 aromatic rings. The molecule has 0 saturated carbocycles. The molecule has 2 atom stereocenters. The van der Waals surface area contributed by atoms with Crippen LogP contribution in [0.1, 0.15) is 12.0 Å². The molecule has 0 bridgehead atoms. The number of carbonyl (C=O) groups is 2. The van der Waals surface area contributed by atoms with Crippen molar-refractivity contribution in [3.63, 3.8) is 0 Å². The van der Waals surface area contributed by atoms with Gasteiger partial charge in [-0.15, -0.1) is 0 Å². The highest BCUT2D eigenvalue weighted by Crippen LogP contribution is 2.23. The van der Waals surface area contributed by atoms with Crippen LogP contribution in [0.4, 0.5) is 0 Å². The van der Waals surface area contributed by atoms with E-state index in [0.29, 0.717) is 15.6 Å². The van der Waals surface area contributed by atoms with E-state index in [4.69, 9.17) is 28.3 Å². The summed E-state index contributed by atoms with van der Waals surface area (Å²) < 4.78 is 0. The fraction of sp³-hybridized carbons (Fsp3) is 0.286. The molecule has 5 nitrogen and oxygen atoms in total. The Kier molecular flexibility index (Phi) is 4.88. The number of benzene rings is 1.